The molecule has 2 saturated heterocycles. The number of thiazole rings is 1. The molecule has 1 atom stereocenters. The Morgan fingerprint density at radius 2 is 1.86 bits per heavy atom. The van der Waals surface area contributed by atoms with Gasteiger partial charge in [0.05, 0.1) is 27.3 Å². The van der Waals surface area contributed by atoms with Crippen molar-refractivity contribution in [1.82, 2.24) is 9.29 Å². The van der Waals surface area contributed by atoms with Gasteiger partial charge in [0.25, 0.3) is 0 Å². The van der Waals surface area contributed by atoms with Gasteiger partial charge in [0, 0.05) is 30.6 Å². The molecule has 3 aromatic rings. The molecule has 2 aliphatic heterocycles. The molecule has 2 aromatic carbocycles. The molecule has 0 spiro atoms. The molecule has 0 N–H and O–H groups in total. The third kappa shape index (κ3) is 5.21. The van der Waals surface area contributed by atoms with Gasteiger partial charge >= 0.3 is 0 Å². The number of anilines is 1. The maximum absolute atomic E-state index is 13.7. The number of nitrogens with zero attached hydrogens (tertiary/aromatic N) is 3. The van der Waals surface area contributed by atoms with E-state index < -0.39 is 10.0 Å². The van der Waals surface area contributed by atoms with Gasteiger partial charge in [-0.3, -0.25) is 9.69 Å². The first-order valence-electron chi connectivity index (χ1n) is 11.6. The van der Waals surface area contributed by atoms with Crippen LogP contribution in [0, 0.1) is 5.92 Å². The largest absolute Gasteiger partial charge is 0.376 e. The van der Waals surface area contributed by atoms with Crippen molar-refractivity contribution in [1.29, 1.82) is 0 Å². The number of halogens is 2. The summed E-state index contributed by atoms with van der Waals surface area (Å²) >= 11 is 13.7. The standard InChI is InChI=1S/C24H25Cl2N3O4S2/c25-17-6-8-19(9-7-17)35(31,32)28-12-10-16(11-13-28)23(30)29(15-18-3-2-14-33-18)24-27-22-20(26)4-1-5-21(22)34-24/h1,4-9,16,18H,2-3,10-15H2. The smallest absolute Gasteiger partial charge is 0.243 e. The molecule has 0 aliphatic carbocycles. The van der Waals surface area contributed by atoms with Crippen molar-refractivity contribution in [2.75, 3.05) is 31.1 Å². The first kappa shape index (κ1) is 24.9. The zero-order valence-corrected chi connectivity index (χ0v) is 22.0. The second kappa shape index (κ2) is 10.3. The molecule has 1 amide bonds. The number of fused-ring (bicyclic) bond motifs is 1. The van der Waals surface area contributed by atoms with Crippen LogP contribution >= 0.6 is 34.5 Å². The summed E-state index contributed by atoms with van der Waals surface area (Å²) in [6, 6.07) is 11.8. The van der Waals surface area contributed by atoms with E-state index in [9.17, 15) is 13.2 Å². The lowest BCUT2D eigenvalue weighted by Crippen LogP contribution is -2.46. The second-order valence-electron chi connectivity index (χ2n) is 8.80. The number of rotatable bonds is 6. The van der Waals surface area contributed by atoms with E-state index in [-0.39, 0.29) is 35.9 Å². The van der Waals surface area contributed by atoms with Crippen molar-refractivity contribution < 1.29 is 17.9 Å². The van der Waals surface area contributed by atoms with Gasteiger partial charge in [-0.05, 0) is 62.1 Å². The third-order valence-electron chi connectivity index (χ3n) is 6.52. The van der Waals surface area contributed by atoms with Gasteiger partial charge in [0.2, 0.25) is 15.9 Å². The number of piperidine rings is 1. The van der Waals surface area contributed by atoms with Crippen molar-refractivity contribution in [3.63, 3.8) is 0 Å². The average Bonchev–Trinajstić information content (AvgIpc) is 3.53. The van der Waals surface area contributed by atoms with Gasteiger partial charge in [0.15, 0.2) is 5.13 Å². The lowest BCUT2D eigenvalue weighted by atomic mass is 9.96. The van der Waals surface area contributed by atoms with E-state index in [0.29, 0.717) is 46.7 Å². The fraction of sp³-hybridized carbons (Fsp3) is 0.417. The minimum Gasteiger partial charge on any atom is -0.376 e. The Morgan fingerprint density at radius 3 is 2.51 bits per heavy atom. The lowest BCUT2D eigenvalue weighted by Gasteiger charge is -2.33. The second-order valence-corrected chi connectivity index (χ2v) is 12.6. The molecule has 1 unspecified atom stereocenters. The molecule has 5 rings (SSSR count). The number of sulfonamides is 1. The van der Waals surface area contributed by atoms with Crippen molar-refractivity contribution in [2.45, 2.75) is 36.7 Å². The maximum atomic E-state index is 13.7. The number of hydrogen-bond acceptors (Lipinski definition) is 6. The zero-order valence-electron chi connectivity index (χ0n) is 18.9. The Balaban J connectivity index is 1.34. The van der Waals surface area contributed by atoms with Crippen LogP contribution in [-0.4, -0.2) is 56.0 Å². The van der Waals surface area contributed by atoms with Gasteiger partial charge in [0.1, 0.15) is 5.52 Å². The average molecular weight is 555 g/mol. The van der Waals surface area contributed by atoms with Crippen molar-refractivity contribution in [3.05, 3.63) is 52.5 Å². The Labute approximate surface area is 218 Å². The summed E-state index contributed by atoms with van der Waals surface area (Å²) in [6.45, 7) is 1.68. The fourth-order valence-electron chi connectivity index (χ4n) is 4.59. The number of benzene rings is 2. The van der Waals surface area contributed by atoms with Gasteiger partial charge in [-0.1, -0.05) is 40.6 Å². The minimum absolute atomic E-state index is 0.0354. The fourth-order valence-corrected chi connectivity index (χ4v) is 7.47. The van der Waals surface area contributed by atoms with E-state index in [0.717, 1.165) is 17.5 Å². The monoisotopic (exact) mass is 553 g/mol. The van der Waals surface area contributed by atoms with Crippen LogP contribution in [0.2, 0.25) is 10.0 Å². The van der Waals surface area contributed by atoms with Crippen LogP contribution < -0.4 is 4.90 Å². The summed E-state index contributed by atoms with van der Waals surface area (Å²) in [7, 11) is -3.64. The highest BCUT2D eigenvalue weighted by Crippen LogP contribution is 2.35. The van der Waals surface area contributed by atoms with Crippen LogP contribution in [0.25, 0.3) is 10.2 Å². The number of carbonyl (C=O) groups is 1. The van der Waals surface area contributed by atoms with E-state index in [1.165, 1.54) is 27.8 Å². The molecule has 0 saturated carbocycles. The molecule has 3 heterocycles. The van der Waals surface area contributed by atoms with E-state index in [1.54, 1.807) is 23.1 Å². The minimum atomic E-state index is -3.64. The van der Waals surface area contributed by atoms with Crippen molar-refractivity contribution in [2.24, 2.45) is 5.92 Å². The molecule has 7 nitrogen and oxygen atoms in total. The molecule has 0 radical (unpaired) electrons. The normalized spacial score (nSPS) is 19.9. The Hall–Kier alpha value is -1.75. The van der Waals surface area contributed by atoms with Crippen LogP contribution in [0.3, 0.4) is 0 Å². The van der Waals surface area contributed by atoms with Crippen LogP contribution in [0.15, 0.2) is 47.4 Å². The van der Waals surface area contributed by atoms with E-state index in [1.807, 2.05) is 12.1 Å². The van der Waals surface area contributed by atoms with Crippen LogP contribution in [-0.2, 0) is 19.6 Å². The molecular formula is C24H25Cl2N3O4S2. The zero-order chi connectivity index (χ0) is 24.6. The molecule has 35 heavy (non-hydrogen) atoms. The third-order valence-corrected chi connectivity index (χ3v) is 10.0. The highest BCUT2D eigenvalue weighted by molar-refractivity contribution is 7.89. The highest BCUT2D eigenvalue weighted by Gasteiger charge is 2.36. The summed E-state index contributed by atoms with van der Waals surface area (Å²) in [6.07, 6.45) is 2.72. The molecular weight excluding hydrogens is 529 g/mol. The van der Waals surface area contributed by atoms with E-state index in [2.05, 4.69) is 0 Å². The predicted octanol–water partition coefficient (Wildman–Crippen LogP) is 5.22. The molecule has 0 bridgehead atoms. The van der Waals surface area contributed by atoms with Gasteiger partial charge in [-0.2, -0.15) is 4.31 Å². The Kier molecular flexibility index (Phi) is 7.35. The van der Waals surface area contributed by atoms with Crippen molar-refractivity contribution in [3.8, 4) is 0 Å². The van der Waals surface area contributed by atoms with Crippen LogP contribution in [0.1, 0.15) is 25.7 Å². The van der Waals surface area contributed by atoms with Gasteiger partial charge in [-0.25, -0.2) is 13.4 Å². The number of amides is 1. The number of carbonyl (C=O) groups excluding carboxylic acids is 1. The number of para-hydroxylation sites is 1. The number of aromatic nitrogens is 1. The number of hydrogen-bond donors (Lipinski definition) is 0. The molecule has 11 heteroatoms. The summed E-state index contributed by atoms with van der Waals surface area (Å²) in [5.74, 6) is -0.338. The Bertz CT molecular complexity index is 1320. The summed E-state index contributed by atoms with van der Waals surface area (Å²) in [5.41, 5.74) is 0.684. The van der Waals surface area contributed by atoms with Gasteiger partial charge < -0.3 is 4.74 Å². The lowest BCUT2D eigenvalue weighted by molar-refractivity contribution is -0.123. The first-order valence-corrected chi connectivity index (χ1v) is 14.6. The Morgan fingerprint density at radius 1 is 1.11 bits per heavy atom. The topological polar surface area (TPSA) is 79.8 Å². The maximum Gasteiger partial charge on any atom is 0.243 e. The summed E-state index contributed by atoms with van der Waals surface area (Å²) in [4.78, 5) is 20.4. The SMILES string of the molecule is O=C(C1CCN(S(=O)(=O)c2ccc(Cl)cc2)CC1)N(CC1CCCO1)c1nc2c(Cl)cccc2s1. The van der Waals surface area contributed by atoms with Crippen LogP contribution in [0.5, 0.6) is 0 Å². The molecule has 186 valence electrons. The molecule has 2 fully saturated rings. The molecule has 1 aromatic heterocycles. The van der Waals surface area contributed by atoms with Gasteiger partial charge in [-0.15, -0.1) is 0 Å². The first-order chi connectivity index (χ1) is 16.8. The summed E-state index contributed by atoms with van der Waals surface area (Å²) < 4.78 is 34.3. The molecule has 2 aliphatic rings. The van der Waals surface area contributed by atoms with E-state index in [4.69, 9.17) is 32.9 Å². The van der Waals surface area contributed by atoms with Crippen LogP contribution in [0.4, 0.5) is 5.13 Å². The van der Waals surface area contributed by atoms with Crippen molar-refractivity contribution >= 4 is 65.8 Å². The highest BCUT2D eigenvalue weighted by atomic mass is 35.5. The van der Waals surface area contributed by atoms with E-state index >= 15 is 0 Å². The quantitative estimate of drug-likeness (QED) is 0.418. The predicted molar refractivity (Wildman–Crippen MR) is 139 cm³/mol. The number of ether oxygens (including phenoxy) is 1. The summed E-state index contributed by atoms with van der Waals surface area (Å²) in [5, 5.41) is 1.63.